The van der Waals surface area contributed by atoms with E-state index < -0.39 is 0 Å². The van der Waals surface area contributed by atoms with Crippen molar-refractivity contribution in [1.82, 2.24) is 8.80 Å². The maximum atomic E-state index is 2.52. The average molecular weight is 505 g/mol. The number of hydrogen-bond acceptors (Lipinski definition) is 0. The Labute approximate surface area is 227 Å². The number of para-hydroxylation sites is 2. The predicted octanol–water partition coefficient (Wildman–Crippen LogP) is 10.3. The van der Waals surface area contributed by atoms with Gasteiger partial charge in [-0.3, -0.25) is 0 Å². The molecule has 2 heteroatoms. The number of nitrogens with zero attached hydrogens (tertiary/aromatic N) is 2. The summed E-state index contributed by atoms with van der Waals surface area (Å²) < 4.78 is 5.04. The molecule has 0 unspecified atom stereocenters. The van der Waals surface area contributed by atoms with Crippen LogP contribution in [0.5, 0.6) is 0 Å². The Bertz CT molecular complexity index is 2860. The van der Waals surface area contributed by atoms with Crippen molar-refractivity contribution in [2.24, 2.45) is 0 Å². The number of hydrogen-bond donors (Lipinski definition) is 0. The summed E-state index contributed by atoms with van der Waals surface area (Å²) in [6.45, 7) is 0. The van der Waals surface area contributed by atoms with Crippen molar-refractivity contribution in [1.29, 1.82) is 0 Å². The second kappa shape index (κ2) is 6.44. The topological polar surface area (TPSA) is 8.82 Å². The zero-order valence-electron chi connectivity index (χ0n) is 21.4. The van der Waals surface area contributed by atoms with Gasteiger partial charge in [0.2, 0.25) is 0 Å². The molecule has 0 aliphatic heterocycles. The summed E-state index contributed by atoms with van der Waals surface area (Å²) in [6, 6.07) is 45.3. The van der Waals surface area contributed by atoms with Crippen LogP contribution >= 0.6 is 0 Å². The van der Waals surface area contributed by atoms with Gasteiger partial charge in [-0.1, -0.05) is 91.0 Å². The van der Waals surface area contributed by atoms with Crippen molar-refractivity contribution in [3.8, 4) is 0 Å². The molecule has 11 rings (SSSR count). The van der Waals surface area contributed by atoms with E-state index in [0.29, 0.717) is 0 Å². The molecule has 0 bridgehead atoms. The largest absolute Gasteiger partial charge is 0.308 e. The molecule has 182 valence electrons. The molecule has 0 saturated heterocycles. The van der Waals surface area contributed by atoms with Crippen LogP contribution in [0.4, 0.5) is 0 Å². The Balaban J connectivity index is 1.44. The van der Waals surface area contributed by atoms with Gasteiger partial charge in [0.15, 0.2) is 0 Å². The van der Waals surface area contributed by atoms with Crippen LogP contribution in [0.15, 0.2) is 121 Å². The van der Waals surface area contributed by atoms with Gasteiger partial charge in [-0.05, 0) is 51.9 Å². The molecule has 0 radical (unpaired) electrons. The lowest BCUT2D eigenvalue weighted by Gasteiger charge is -2.04. The lowest BCUT2D eigenvalue weighted by Crippen LogP contribution is -1.84. The molecule has 0 aliphatic carbocycles. The minimum absolute atomic E-state index is 1.28. The molecule has 0 atom stereocenters. The van der Waals surface area contributed by atoms with E-state index in [2.05, 4.69) is 130 Å². The SMILES string of the molecule is c1ccc2c(c1)ccc1c2c2cccc3c4cc5c6cc7ccccc7c7c8ccccc8n(c5cc4n1c32)c67. The summed E-state index contributed by atoms with van der Waals surface area (Å²) >= 11 is 0. The zero-order chi connectivity index (χ0) is 25.7. The molecular weight excluding hydrogens is 484 g/mol. The van der Waals surface area contributed by atoms with Gasteiger partial charge < -0.3 is 8.80 Å². The first-order chi connectivity index (χ1) is 19.9. The van der Waals surface area contributed by atoms with Gasteiger partial charge in [0.05, 0.1) is 33.1 Å². The Morgan fingerprint density at radius 3 is 1.82 bits per heavy atom. The summed E-state index contributed by atoms with van der Waals surface area (Å²) in [4.78, 5) is 0. The fraction of sp³-hybridized carbons (Fsp3) is 0. The predicted molar refractivity (Wildman–Crippen MR) is 171 cm³/mol. The highest BCUT2D eigenvalue weighted by atomic mass is 14.9. The molecule has 40 heavy (non-hydrogen) atoms. The minimum atomic E-state index is 1.28. The maximum Gasteiger partial charge on any atom is 0.0626 e. The van der Waals surface area contributed by atoms with E-state index in [-0.39, 0.29) is 0 Å². The molecule has 7 aromatic carbocycles. The van der Waals surface area contributed by atoms with Crippen LogP contribution < -0.4 is 0 Å². The maximum absolute atomic E-state index is 2.52. The second-order valence-electron chi connectivity index (χ2n) is 11.3. The summed E-state index contributed by atoms with van der Waals surface area (Å²) in [6.07, 6.45) is 0. The van der Waals surface area contributed by atoms with Gasteiger partial charge in [0.1, 0.15) is 0 Å². The van der Waals surface area contributed by atoms with Crippen LogP contribution in [0, 0.1) is 0 Å². The Kier molecular flexibility index (Phi) is 3.17. The van der Waals surface area contributed by atoms with Crippen LogP contribution in [0.25, 0.3) is 97.7 Å². The van der Waals surface area contributed by atoms with E-state index in [1.807, 2.05) is 0 Å². The molecule has 11 aromatic rings. The summed E-state index contributed by atoms with van der Waals surface area (Å²) in [5.41, 5.74) is 7.77. The van der Waals surface area contributed by atoms with E-state index in [4.69, 9.17) is 0 Å². The van der Waals surface area contributed by atoms with Crippen LogP contribution in [0.2, 0.25) is 0 Å². The van der Waals surface area contributed by atoms with Crippen molar-refractivity contribution >= 4 is 97.7 Å². The van der Waals surface area contributed by atoms with Crippen LogP contribution in [-0.4, -0.2) is 8.80 Å². The minimum Gasteiger partial charge on any atom is -0.308 e. The molecule has 0 saturated carbocycles. The van der Waals surface area contributed by atoms with Crippen molar-refractivity contribution in [3.63, 3.8) is 0 Å². The summed E-state index contributed by atoms with van der Waals surface area (Å²) in [5, 5.41) is 15.9. The highest BCUT2D eigenvalue weighted by Crippen LogP contribution is 2.47. The molecule has 0 aliphatic rings. The van der Waals surface area contributed by atoms with Crippen molar-refractivity contribution in [2.75, 3.05) is 0 Å². The summed E-state index contributed by atoms with van der Waals surface area (Å²) in [7, 11) is 0. The smallest absolute Gasteiger partial charge is 0.0626 e. The standard InChI is InChI=1S/C38H20N2/c1-3-10-23-21(8-1)16-17-32-35(23)27-14-7-13-25-28-19-29-30-18-22-9-2-4-11-24(22)36-26-12-5-6-15-31(26)39(38(30)36)34(29)20-33(28)40(32)37(25)27/h1-20H. The molecule has 4 heterocycles. The first kappa shape index (κ1) is 19.7. The third-order valence-electron chi connectivity index (χ3n) is 9.51. The molecule has 0 spiro atoms. The molecule has 0 N–H and O–H groups in total. The van der Waals surface area contributed by atoms with Crippen LogP contribution in [0.3, 0.4) is 0 Å². The number of fused-ring (bicyclic) bond motifs is 16. The fourth-order valence-electron chi connectivity index (χ4n) is 7.98. The van der Waals surface area contributed by atoms with Gasteiger partial charge in [-0.15, -0.1) is 0 Å². The van der Waals surface area contributed by atoms with Gasteiger partial charge in [-0.25, -0.2) is 0 Å². The van der Waals surface area contributed by atoms with Crippen molar-refractivity contribution < 1.29 is 0 Å². The third kappa shape index (κ3) is 2.04. The molecule has 0 fully saturated rings. The highest BCUT2D eigenvalue weighted by molar-refractivity contribution is 6.34. The Hall–Kier alpha value is -5.34. The zero-order valence-corrected chi connectivity index (χ0v) is 21.4. The lowest BCUT2D eigenvalue weighted by atomic mass is 9.99. The first-order valence-corrected chi connectivity index (χ1v) is 14.0. The van der Waals surface area contributed by atoms with E-state index in [1.165, 1.54) is 97.7 Å². The first-order valence-electron chi connectivity index (χ1n) is 14.0. The van der Waals surface area contributed by atoms with E-state index in [1.54, 1.807) is 0 Å². The quantitative estimate of drug-likeness (QED) is 0.194. The summed E-state index contributed by atoms with van der Waals surface area (Å²) in [5.74, 6) is 0. The lowest BCUT2D eigenvalue weighted by molar-refractivity contribution is 1.35. The van der Waals surface area contributed by atoms with E-state index >= 15 is 0 Å². The van der Waals surface area contributed by atoms with E-state index in [0.717, 1.165) is 0 Å². The highest BCUT2D eigenvalue weighted by Gasteiger charge is 2.23. The molecule has 2 nitrogen and oxygen atoms in total. The molecule has 0 amide bonds. The monoisotopic (exact) mass is 504 g/mol. The van der Waals surface area contributed by atoms with Gasteiger partial charge >= 0.3 is 0 Å². The van der Waals surface area contributed by atoms with Crippen LogP contribution in [-0.2, 0) is 0 Å². The normalized spacial score (nSPS) is 13.0. The molecular formula is C38H20N2. The van der Waals surface area contributed by atoms with Crippen LogP contribution in [0.1, 0.15) is 0 Å². The number of benzene rings is 7. The van der Waals surface area contributed by atoms with Gasteiger partial charge in [0.25, 0.3) is 0 Å². The average Bonchev–Trinajstić information content (AvgIpc) is 3.72. The number of rotatable bonds is 0. The second-order valence-corrected chi connectivity index (χ2v) is 11.3. The van der Waals surface area contributed by atoms with Gasteiger partial charge in [-0.2, -0.15) is 0 Å². The van der Waals surface area contributed by atoms with E-state index in [9.17, 15) is 0 Å². The van der Waals surface area contributed by atoms with Crippen molar-refractivity contribution in [2.45, 2.75) is 0 Å². The molecule has 4 aromatic heterocycles. The Morgan fingerprint density at radius 2 is 0.950 bits per heavy atom. The van der Waals surface area contributed by atoms with Gasteiger partial charge in [0, 0.05) is 43.1 Å². The number of aromatic nitrogens is 2. The van der Waals surface area contributed by atoms with Crippen molar-refractivity contribution in [3.05, 3.63) is 121 Å². The Morgan fingerprint density at radius 1 is 0.300 bits per heavy atom. The fourth-order valence-corrected chi connectivity index (χ4v) is 7.98. The third-order valence-corrected chi connectivity index (χ3v) is 9.51.